The fraction of sp³-hybridized carbons (Fsp3) is 0.228. The standard InChI is InChI=1S/C45H45.C12H11Si.Zr/c1-8-13-33-25-39-36(31-20-18-30(19-21-31)29-14-10-9-11-15-29)16-12-17-37(39)43(33)42-28-35(45(5,6)7)27-41-38-26-34(44(2,3)4)23-22-32(38)24-40(41)42;1-3-7-11(8-4-1)13-12-9-5-2-6-10-12;/h9-12,14-23,25-27,43H,8,13,24H2,1-7H3;1-10,13H;. The van der Waals surface area contributed by atoms with Gasteiger partial charge in [-0.15, -0.1) is 0 Å². The summed E-state index contributed by atoms with van der Waals surface area (Å²) in [4.78, 5) is 0. The quantitative estimate of drug-likeness (QED) is 0.127. The molecule has 1 unspecified atom stereocenters. The summed E-state index contributed by atoms with van der Waals surface area (Å²) in [5.41, 5.74) is 20.5. The Kier molecular flexibility index (Phi) is 10.9. The second kappa shape index (κ2) is 16.1. The van der Waals surface area contributed by atoms with Crippen molar-refractivity contribution in [2.45, 2.75) is 84.5 Å². The maximum atomic E-state index is 2.69. The number of rotatable bonds is 9. The van der Waals surface area contributed by atoms with Gasteiger partial charge >= 0.3 is 350 Å². The Labute approximate surface area is 365 Å². The Balaban J connectivity index is 1.29. The zero-order valence-corrected chi connectivity index (χ0v) is 39.5. The van der Waals surface area contributed by atoms with Crippen molar-refractivity contribution in [3.05, 3.63) is 202 Å². The molecule has 59 heavy (non-hydrogen) atoms. The van der Waals surface area contributed by atoms with E-state index in [9.17, 15) is 0 Å². The van der Waals surface area contributed by atoms with E-state index in [1.165, 1.54) is 55.6 Å². The van der Waals surface area contributed by atoms with Crippen LogP contribution in [0, 0.1) is 0 Å². The maximum absolute atomic E-state index is 2.69. The Hall–Kier alpha value is -4.62. The van der Waals surface area contributed by atoms with E-state index in [1.54, 1.807) is 35.9 Å². The van der Waals surface area contributed by atoms with E-state index >= 15 is 0 Å². The molecule has 0 aromatic heterocycles. The van der Waals surface area contributed by atoms with E-state index in [2.05, 4.69) is 212 Å². The van der Waals surface area contributed by atoms with Crippen LogP contribution in [0.25, 0.3) is 39.5 Å². The monoisotopic (exact) mass is 858 g/mol. The molecular formula is C57H56SiZr. The van der Waals surface area contributed by atoms with Gasteiger partial charge in [-0.2, -0.15) is 0 Å². The van der Waals surface area contributed by atoms with E-state index in [0.29, 0.717) is 0 Å². The van der Waals surface area contributed by atoms with Crippen LogP contribution >= 0.6 is 0 Å². The van der Waals surface area contributed by atoms with Crippen molar-refractivity contribution in [3.63, 3.8) is 0 Å². The van der Waals surface area contributed by atoms with Crippen molar-refractivity contribution < 1.29 is 22.4 Å². The summed E-state index contributed by atoms with van der Waals surface area (Å²) < 4.78 is 1.77. The third-order valence-corrected chi connectivity index (χ3v) is 25.9. The second-order valence-corrected chi connectivity index (χ2v) is 28.9. The van der Waals surface area contributed by atoms with Gasteiger partial charge in [0.25, 0.3) is 0 Å². The topological polar surface area (TPSA) is 0 Å². The molecule has 2 aliphatic carbocycles. The second-order valence-electron chi connectivity index (χ2n) is 18.8. The Morgan fingerprint density at radius 3 is 1.80 bits per heavy atom. The van der Waals surface area contributed by atoms with Crippen LogP contribution in [0.3, 0.4) is 0 Å². The van der Waals surface area contributed by atoms with Gasteiger partial charge in [-0.1, -0.05) is 18.2 Å². The number of allylic oxidation sites excluding steroid dienone is 1. The molecular weight excluding hydrogens is 804 g/mol. The molecule has 2 heteroatoms. The van der Waals surface area contributed by atoms with Crippen LogP contribution in [-0.4, -0.2) is 5.92 Å². The Morgan fingerprint density at radius 2 is 1.19 bits per heavy atom. The molecule has 7 aromatic carbocycles. The van der Waals surface area contributed by atoms with Crippen molar-refractivity contribution in [3.8, 4) is 33.4 Å². The third-order valence-electron chi connectivity index (χ3n) is 12.8. The molecule has 0 aliphatic heterocycles. The van der Waals surface area contributed by atoms with Gasteiger partial charge < -0.3 is 0 Å². The van der Waals surface area contributed by atoms with Gasteiger partial charge in [0.05, 0.1) is 0 Å². The van der Waals surface area contributed by atoms with Crippen LogP contribution in [0.5, 0.6) is 0 Å². The average molecular weight is 860 g/mol. The van der Waals surface area contributed by atoms with E-state index in [0.717, 1.165) is 19.3 Å². The van der Waals surface area contributed by atoms with Gasteiger partial charge in [0.15, 0.2) is 0 Å². The van der Waals surface area contributed by atoms with Gasteiger partial charge in [-0.25, -0.2) is 0 Å². The average Bonchev–Trinajstić information content (AvgIpc) is 3.80. The fourth-order valence-corrected chi connectivity index (χ4v) is 23.8. The molecule has 0 fully saturated rings. The molecule has 1 atom stereocenters. The molecule has 0 saturated heterocycles. The predicted molar refractivity (Wildman–Crippen MR) is 253 cm³/mol. The van der Waals surface area contributed by atoms with Crippen LogP contribution in [0.2, 0.25) is 0 Å². The number of hydrogen-bond acceptors (Lipinski definition) is 0. The summed E-state index contributed by atoms with van der Waals surface area (Å²) in [6.45, 7) is 16.9. The minimum absolute atomic E-state index is 0.00488. The molecule has 0 N–H and O–H groups in total. The van der Waals surface area contributed by atoms with Crippen LogP contribution in [-0.2, 0) is 39.6 Å². The van der Waals surface area contributed by atoms with Crippen molar-refractivity contribution in [2.75, 3.05) is 0 Å². The SMILES string of the molecule is CCCC1=Cc2c(-c3ccc(-c4ccccc4)cc3)cccc2C1c1c2c(cc(C(C)(C)C)[c]1[Zr][SiH](c1ccccc1)c1ccccc1)-c1cc(C(C)(C)C)ccc1C2. The first-order chi connectivity index (χ1) is 28.5. The first-order valence-corrected chi connectivity index (χ1v) is 28.9. The van der Waals surface area contributed by atoms with E-state index in [-0.39, 0.29) is 16.7 Å². The summed E-state index contributed by atoms with van der Waals surface area (Å²) in [5.74, 6) is -1.29. The van der Waals surface area contributed by atoms with Crippen LogP contribution in [0.4, 0.5) is 0 Å². The first-order valence-electron chi connectivity index (χ1n) is 21.7. The van der Waals surface area contributed by atoms with Crippen molar-refractivity contribution >= 4 is 25.6 Å². The summed E-state index contributed by atoms with van der Waals surface area (Å²) in [5, 5.41) is 3.18. The normalized spacial score (nSPS) is 14.5. The van der Waals surface area contributed by atoms with Gasteiger partial charge in [-0.3, -0.25) is 0 Å². The number of fused-ring (bicyclic) bond motifs is 4. The van der Waals surface area contributed by atoms with Gasteiger partial charge in [0.1, 0.15) is 0 Å². The fourth-order valence-electron chi connectivity index (χ4n) is 9.71. The molecule has 2 aliphatic rings. The van der Waals surface area contributed by atoms with Gasteiger partial charge in [0.2, 0.25) is 0 Å². The molecule has 9 rings (SSSR count). The molecule has 0 bridgehead atoms. The first kappa shape index (κ1) is 39.8. The summed E-state index contributed by atoms with van der Waals surface area (Å²) >= 11 is -1.24. The molecule has 0 amide bonds. The summed E-state index contributed by atoms with van der Waals surface area (Å²) in [6, 6.07) is 60.6. The van der Waals surface area contributed by atoms with Crippen molar-refractivity contribution in [1.82, 2.24) is 0 Å². The Morgan fingerprint density at radius 1 is 0.576 bits per heavy atom. The van der Waals surface area contributed by atoms with Crippen molar-refractivity contribution in [2.24, 2.45) is 0 Å². The summed E-state index contributed by atoms with van der Waals surface area (Å²) in [7, 11) is 0. The number of hydrogen-bond donors (Lipinski definition) is 0. The van der Waals surface area contributed by atoms with E-state index in [1.807, 2.05) is 0 Å². The van der Waals surface area contributed by atoms with Gasteiger partial charge in [-0.05, 0) is 0 Å². The summed E-state index contributed by atoms with van der Waals surface area (Å²) in [6.07, 6.45) is 5.87. The van der Waals surface area contributed by atoms with Crippen LogP contribution in [0.1, 0.15) is 106 Å². The van der Waals surface area contributed by atoms with Crippen LogP contribution in [0.15, 0.2) is 163 Å². The molecule has 292 valence electrons. The third kappa shape index (κ3) is 7.69. The Bertz CT molecular complexity index is 2620. The van der Waals surface area contributed by atoms with Crippen molar-refractivity contribution in [1.29, 1.82) is 0 Å². The van der Waals surface area contributed by atoms with Crippen LogP contribution < -0.4 is 13.6 Å². The molecule has 0 radical (unpaired) electrons. The zero-order valence-electron chi connectivity index (χ0n) is 35.9. The predicted octanol–water partition coefficient (Wildman–Crippen LogP) is 12.8. The molecule has 0 heterocycles. The molecule has 0 nitrogen and oxygen atoms in total. The number of benzene rings is 7. The zero-order chi connectivity index (χ0) is 40.9. The minimum atomic E-state index is -1.54. The van der Waals surface area contributed by atoms with E-state index in [4.69, 9.17) is 0 Å². The molecule has 0 spiro atoms. The molecule has 0 saturated carbocycles. The van der Waals surface area contributed by atoms with Gasteiger partial charge in [0, 0.05) is 0 Å². The molecule has 7 aromatic rings. The van der Waals surface area contributed by atoms with E-state index < -0.39 is 28.3 Å².